The van der Waals surface area contributed by atoms with E-state index in [1.807, 2.05) is 0 Å². The van der Waals surface area contributed by atoms with Crippen LogP contribution in [0.2, 0.25) is 0 Å². The Bertz CT molecular complexity index is 230. The van der Waals surface area contributed by atoms with Gasteiger partial charge in [-0.1, -0.05) is 6.92 Å². The molecule has 1 heterocycles. The van der Waals surface area contributed by atoms with E-state index in [2.05, 4.69) is 29.1 Å². The molecule has 2 rings (SSSR count). The quantitative estimate of drug-likeness (QED) is 0.751. The third kappa shape index (κ3) is 2.08. The van der Waals surface area contributed by atoms with Crippen LogP contribution in [0.1, 0.15) is 18.9 Å². The van der Waals surface area contributed by atoms with E-state index in [4.69, 9.17) is 0 Å². The summed E-state index contributed by atoms with van der Waals surface area (Å²) in [5.74, 6) is 0.924. The van der Waals surface area contributed by atoms with Gasteiger partial charge in [0, 0.05) is 6.04 Å². The van der Waals surface area contributed by atoms with Gasteiger partial charge in [0.15, 0.2) is 0 Å². The molecule has 0 aromatic carbocycles. The average molecular weight is 181 g/mol. The van der Waals surface area contributed by atoms with Crippen LogP contribution in [-0.2, 0) is 6.42 Å². The van der Waals surface area contributed by atoms with Crippen LogP contribution in [0, 0.1) is 5.92 Å². The molecule has 2 unspecified atom stereocenters. The second-order valence-corrected chi connectivity index (χ2v) is 4.44. The van der Waals surface area contributed by atoms with Crippen molar-refractivity contribution in [1.29, 1.82) is 0 Å². The van der Waals surface area contributed by atoms with Crippen molar-refractivity contribution in [3.05, 3.63) is 22.4 Å². The predicted octanol–water partition coefficient (Wildman–Crippen LogP) is 2.29. The Morgan fingerprint density at radius 3 is 3.08 bits per heavy atom. The smallest absolute Gasteiger partial charge is 0.00965 e. The summed E-state index contributed by atoms with van der Waals surface area (Å²) in [5, 5.41) is 7.93. The molecule has 1 aromatic heterocycles. The molecule has 0 aliphatic heterocycles. The van der Waals surface area contributed by atoms with Crippen LogP contribution in [0.5, 0.6) is 0 Å². The van der Waals surface area contributed by atoms with Gasteiger partial charge in [-0.25, -0.2) is 0 Å². The molecule has 1 N–H and O–H groups in total. The van der Waals surface area contributed by atoms with E-state index in [0.717, 1.165) is 18.5 Å². The maximum absolute atomic E-state index is 3.55. The van der Waals surface area contributed by atoms with Gasteiger partial charge in [0.05, 0.1) is 0 Å². The molecule has 1 nitrogen and oxygen atoms in total. The average Bonchev–Trinajstić information content (AvgIpc) is 2.58. The van der Waals surface area contributed by atoms with Gasteiger partial charge in [-0.05, 0) is 47.7 Å². The summed E-state index contributed by atoms with van der Waals surface area (Å²) in [6.07, 6.45) is 2.57. The van der Waals surface area contributed by atoms with Gasteiger partial charge in [0.2, 0.25) is 0 Å². The van der Waals surface area contributed by atoms with Gasteiger partial charge in [0.25, 0.3) is 0 Å². The Hall–Kier alpha value is -0.340. The van der Waals surface area contributed by atoms with Gasteiger partial charge in [0.1, 0.15) is 0 Å². The first kappa shape index (κ1) is 8.27. The maximum atomic E-state index is 3.55. The van der Waals surface area contributed by atoms with Crippen LogP contribution >= 0.6 is 11.3 Å². The monoisotopic (exact) mass is 181 g/mol. The summed E-state index contributed by atoms with van der Waals surface area (Å²) in [7, 11) is 0. The summed E-state index contributed by atoms with van der Waals surface area (Å²) < 4.78 is 0. The molecule has 0 saturated heterocycles. The zero-order valence-corrected chi connectivity index (χ0v) is 8.23. The molecule has 1 aliphatic carbocycles. The van der Waals surface area contributed by atoms with Crippen molar-refractivity contribution in [2.45, 2.75) is 25.8 Å². The Balaban J connectivity index is 1.63. The summed E-state index contributed by atoms with van der Waals surface area (Å²) in [6.45, 7) is 3.45. The van der Waals surface area contributed by atoms with E-state index in [-0.39, 0.29) is 0 Å². The standard InChI is InChI=1S/C10H15NS/c1-8-6-10(8)11-4-2-9-3-5-12-7-9/h3,5,7-8,10-11H,2,4,6H2,1H3. The predicted molar refractivity (Wildman–Crippen MR) is 53.6 cm³/mol. The second-order valence-electron chi connectivity index (χ2n) is 3.66. The summed E-state index contributed by atoms with van der Waals surface area (Å²) in [4.78, 5) is 0. The first-order valence-electron chi connectivity index (χ1n) is 4.61. The highest BCUT2D eigenvalue weighted by molar-refractivity contribution is 7.07. The minimum atomic E-state index is 0.823. The molecule has 0 spiro atoms. The van der Waals surface area contributed by atoms with E-state index < -0.39 is 0 Å². The van der Waals surface area contributed by atoms with Crippen LogP contribution in [-0.4, -0.2) is 12.6 Å². The van der Waals surface area contributed by atoms with Crippen LogP contribution in [0.4, 0.5) is 0 Å². The molecule has 66 valence electrons. The molecule has 1 aromatic rings. The summed E-state index contributed by atoms with van der Waals surface area (Å²) >= 11 is 1.79. The molecule has 12 heavy (non-hydrogen) atoms. The van der Waals surface area contributed by atoms with Crippen molar-refractivity contribution in [1.82, 2.24) is 5.32 Å². The number of thiophene rings is 1. The molecule has 0 bridgehead atoms. The molecule has 1 aliphatic rings. The van der Waals surface area contributed by atoms with Crippen molar-refractivity contribution in [2.75, 3.05) is 6.54 Å². The lowest BCUT2D eigenvalue weighted by Crippen LogP contribution is -2.20. The fourth-order valence-corrected chi connectivity index (χ4v) is 2.15. The normalized spacial score (nSPS) is 27.4. The van der Waals surface area contributed by atoms with Crippen molar-refractivity contribution in [3.63, 3.8) is 0 Å². The van der Waals surface area contributed by atoms with Crippen molar-refractivity contribution < 1.29 is 0 Å². The van der Waals surface area contributed by atoms with Crippen LogP contribution < -0.4 is 5.32 Å². The molecule has 0 radical (unpaired) electrons. The van der Waals surface area contributed by atoms with Gasteiger partial charge in [-0.2, -0.15) is 11.3 Å². The first-order valence-corrected chi connectivity index (χ1v) is 5.55. The molecule has 2 heteroatoms. The van der Waals surface area contributed by atoms with Crippen LogP contribution in [0.3, 0.4) is 0 Å². The fraction of sp³-hybridized carbons (Fsp3) is 0.600. The largest absolute Gasteiger partial charge is 0.313 e. The zero-order valence-electron chi connectivity index (χ0n) is 7.42. The van der Waals surface area contributed by atoms with E-state index >= 15 is 0 Å². The molecular weight excluding hydrogens is 166 g/mol. The highest BCUT2D eigenvalue weighted by Crippen LogP contribution is 2.28. The van der Waals surface area contributed by atoms with E-state index in [1.165, 1.54) is 18.4 Å². The van der Waals surface area contributed by atoms with Gasteiger partial charge >= 0.3 is 0 Å². The molecule has 2 atom stereocenters. The van der Waals surface area contributed by atoms with E-state index in [1.54, 1.807) is 11.3 Å². The molecule has 1 saturated carbocycles. The highest BCUT2D eigenvalue weighted by atomic mass is 32.1. The fourth-order valence-electron chi connectivity index (χ4n) is 1.44. The zero-order chi connectivity index (χ0) is 8.39. The third-order valence-electron chi connectivity index (χ3n) is 2.51. The maximum Gasteiger partial charge on any atom is 0.00965 e. The van der Waals surface area contributed by atoms with Gasteiger partial charge in [-0.15, -0.1) is 0 Å². The molecular formula is C10H15NS. The number of rotatable bonds is 4. The van der Waals surface area contributed by atoms with Crippen molar-refractivity contribution in [2.24, 2.45) is 5.92 Å². The van der Waals surface area contributed by atoms with Gasteiger partial charge in [-0.3, -0.25) is 0 Å². The Labute approximate surface area is 77.8 Å². The number of hydrogen-bond donors (Lipinski definition) is 1. The third-order valence-corrected chi connectivity index (χ3v) is 3.24. The minimum absolute atomic E-state index is 0.823. The first-order chi connectivity index (χ1) is 5.86. The van der Waals surface area contributed by atoms with E-state index in [9.17, 15) is 0 Å². The Morgan fingerprint density at radius 2 is 2.50 bits per heavy atom. The van der Waals surface area contributed by atoms with Crippen molar-refractivity contribution in [3.8, 4) is 0 Å². The highest BCUT2D eigenvalue weighted by Gasteiger charge is 2.31. The molecule has 0 amide bonds. The van der Waals surface area contributed by atoms with Crippen LogP contribution in [0.15, 0.2) is 16.8 Å². The van der Waals surface area contributed by atoms with Gasteiger partial charge < -0.3 is 5.32 Å². The lowest BCUT2D eigenvalue weighted by atomic mass is 10.2. The molecule has 1 fully saturated rings. The lowest BCUT2D eigenvalue weighted by Gasteiger charge is -2.00. The second kappa shape index (κ2) is 3.58. The Kier molecular flexibility index (Phi) is 2.47. The van der Waals surface area contributed by atoms with E-state index in [0.29, 0.717) is 0 Å². The SMILES string of the molecule is CC1CC1NCCc1ccsc1. The van der Waals surface area contributed by atoms with Crippen molar-refractivity contribution >= 4 is 11.3 Å². The summed E-state index contributed by atoms with van der Waals surface area (Å²) in [5.41, 5.74) is 1.47. The minimum Gasteiger partial charge on any atom is -0.313 e. The Morgan fingerprint density at radius 1 is 1.67 bits per heavy atom. The number of nitrogens with one attached hydrogen (secondary N) is 1. The lowest BCUT2D eigenvalue weighted by molar-refractivity contribution is 0.651. The number of hydrogen-bond acceptors (Lipinski definition) is 2. The summed E-state index contributed by atoms with van der Waals surface area (Å²) in [6, 6.07) is 3.03. The van der Waals surface area contributed by atoms with Crippen LogP contribution in [0.25, 0.3) is 0 Å². The topological polar surface area (TPSA) is 12.0 Å².